The number of nitrogens with one attached hydrogen (secondary N) is 1. The van der Waals surface area contributed by atoms with Crippen LogP contribution in [0.25, 0.3) is 11.3 Å². The van der Waals surface area contributed by atoms with Crippen LogP contribution in [0.4, 0.5) is 4.79 Å². The minimum atomic E-state index is -0.0802. The number of hydrogen-bond acceptors (Lipinski definition) is 4. The summed E-state index contributed by atoms with van der Waals surface area (Å²) in [5.74, 6) is 1.46. The minimum absolute atomic E-state index is 0.0802. The summed E-state index contributed by atoms with van der Waals surface area (Å²) in [6, 6.07) is 9.34. The molecule has 0 radical (unpaired) electrons. The van der Waals surface area contributed by atoms with Crippen molar-refractivity contribution in [2.75, 3.05) is 20.2 Å². The summed E-state index contributed by atoms with van der Waals surface area (Å²) in [5, 5.41) is 6.93. The maximum atomic E-state index is 12.0. The maximum absolute atomic E-state index is 12.0. The Morgan fingerprint density at radius 1 is 1.30 bits per heavy atom. The highest BCUT2D eigenvalue weighted by molar-refractivity contribution is 5.74. The van der Waals surface area contributed by atoms with Gasteiger partial charge in [0.2, 0.25) is 0 Å². The molecule has 0 atom stereocenters. The van der Waals surface area contributed by atoms with E-state index in [0.717, 1.165) is 23.4 Å². The first-order chi connectivity index (χ1) is 11.2. The Labute approximate surface area is 136 Å². The van der Waals surface area contributed by atoms with Gasteiger partial charge in [-0.05, 0) is 37.6 Å². The molecule has 0 unspecified atom stereocenters. The summed E-state index contributed by atoms with van der Waals surface area (Å²) >= 11 is 0. The van der Waals surface area contributed by atoms with Gasteiger partial charge in [-0.25, -0.2) is 4.79 Å². The van der Waals surface area contributed by atoms with Gasteiger partial charge in [-0.1, -0.05) is 12.1 Å². The molecule has 0 bridgehead atoms. The lowest BCUT2D eigenvalue weighted by molar-refractivity contribution is 0.196. The summed E-state index contributed by atoms with van der Waals surface area (Å²) in [4.78, 5) is 13.7. The molecular formula is C17H23N3O3. The molecule has 6 heteroatoms. The molecule has 124 valence electrons. The number of carbonyl (C=O) groups excluding carboxylic acids is 1. The van der Waals surface area contributed by atoms with Crippen molar-refractivity contribution in [3.63, 3.8) is 0 Å². The van der Waals surface area contributed by atoms with Gasteiger partial charge in [-0.15, -0.1) is 0 Å². The Morgan fingerprint density at radius 3 is 2.65 bits per heavy atom. The second-order valence-electron chi connectivity index (χ2n) is 5.16. The lowest BCUT2D eigenvalue weighted by atomic mass is 10.1. The van der Waals surface area contributed by atoms with Gasteiger partial charge in [0.25, 0.3) is 0 Å². The fourth-order valence-corrected chi connectivity index (χ4v) is 2.14. The summed E-state index contributed by atoms with van der Waals surface area (Å²) in [7, 11) is 1.63. The zero-order valence-electron chi connectivity index (χ0n) is 13.8. The molecule has 0 aliphatic heterocycles. The molecule has 0 spiro atoms. The molecule has 0 saturated carbocycles. The van der Waals surface area contributed by atoms with Crippen molar-refractivity contribution in [3.05, 3.63) is 36.0 Å². The summed E-state index contributed by atoms with van der Waals surface area (Å²) in [5.41, 5.74) is 1.65. The van der Waals surface area contributed by atoms with E-state index in [1.54, 1.807) is 12.0 Å². The van der Waals surface area contributed by atoms with E-state index in [1.165, 1.54) is 0 Å². The van der Waals surface area contributed by atoms with E-state index in [4.69, 9.17) is 9.26 Å². The van der Waals surface area contributed by atoms with Crippen molar-refractivity contribution in [2.24, 2.45) is 0 Å². The third-order valence-electron chi connectivity index (χ3n) is 3.48. The first-order valence-electron chi connectivity index (χ1n) is 7.80. The fourth-order valence-electron chi connectivity index (χ4n) is 2.14. The number of methoxy groups -OCH3 is 1. The van der Waals surface area contributed by atoms with Gasteiger partial charge < -0.3 is 19.5 Å². The van der Waals surface area contributed by atoms with Crippen LogP contribution < -0.4 is 10.1 Å². The standard InChI is InChI=1S/C17H23N3O3/c1-4-10-18-17(21)20(5-2)12-14-11-16(23-19-14)13-6-8-15(22-3)9-7-13/h6-9,11H,4-5,10,12H2,1-3H3,(H,18,21). The van der Waals surface area contributed by atoms with Crippen molar-refractivity contribution >= 4 is 6.03 Å². The quantitative estimate of drug-likeness (QED) is 0.851. The molecule has 2 aromatic rings. The van der Waals surface area contributed by atoms with Crippen molar-refractivity contribution in [1.29, 1.82) is 0 Å². The van der Waals surface area contributed by atoms with Crippen LogP contribution in [0.2, 0.25) is 0 Å². The molecule has 2 rings (SSSR count). The van der Waals surface area contributed by atoms with Crippen molar-refractivity contribution in [2.45, 2.75) is 26.8 Å². The van der Waals surface area contributed by atoms with Crippen LogP contribution in [0.5, 0.6) is 5.75 Å². The zero-order valence-corrected chi connectivity index (χ0v) is 13.8. The number of urea groups is 1. The molecule has 0 aliphatic carbocycles. The smallest absolute Gasteiger partial charge is 0.317 e. The maximum Gasteiger partial charge on any atom is 0.317 e. The highest BCUT2D eigenvalue weighted by atomic mass is 16.5. The predicted octanol–water partition coefficient (Wildman–Crippen LogP) is 3.29. The van der Waals surface area contributed by atoms with Crippen LogP contribution in [0.15, 0.2) is 34.9 Å². The first kappa shape index (κ1) is 16.9. The number of ether oxygens (including phenoxy) is 1. The third kappa shape index (κ3) is 4.48. The Balaban J connectivity index is 2.04. The van der Waals surface area contributed by atoms with Gasteiger partial charge in [-0.2, -0.15) is 0 Å². The molecule has 1 N–H and O–H groups in total. The van der Waals surface area contributed by atoms with E-state index in [1.807, 2.05) is 44.2 Å². The summed E-state index contributed by atoms with van der Waals surface area (Å²) in [6.07, 6.45) is 0.912. The molecule has 0 aliphatic rings. The van der Waals surface area contributed by atoms with Crippen molar-refractivity contribution in [3.8, 4) is 17.1 Å². The fraction of sp³-hybridized carbons (Fsp3) is 0.412. The van der Waals surface area contributed by atoms with Crippen LogP contribution in [-0.4, -0.2) is 36.3 Å². The monoisotopic (exact) mass is 317 g/mol. The van der Waals surface area contributed by atoms with E-state index in [9.17, 15) is 4.79 Å². The number of aromatic nitrogens is 1. The molecule has 1 aromatic heterocycles. The van der Waals surface area contributed by atoms with Crippen LogP contribution in [0.3, 0.4) is 0 Å². The number of nitrogens with zero attached hydrogens (tertiary/aromatic N) is 2. The number of hydrogen-bond donors (Lipinski definition) is 1. The first-order valence-corrected chi connectivity index (χ1v) is 7.80. The molecule has 6 nitrogen and oxygen atoms in total. The van der Waals surface area contributed by atoms with Gasteiger partial charge in [0.05, 0.1) is 13.7 Å². The number of amides is 2. The van der Waals surface area contributed by atoms with E-state index in [0.29, 0.717) is 25.4 Å². The van der Waals surface area contributed by atoms with Crippen molar-refractivity contribution < 1.29 is 14.1 Å². The van der Waals surface area contributed by atoms with Crippen LogP contribution in [-0.2, 0) is 6.54 Å². The lowest BCUT2D eigenvalue weighted by Crippen LogP contribution is -2.39. The van der Waals surface area contributed by atoms with Gasteiger partial charge >= 0.3 is 6.03 Å². The highest BCUT2D eigenvalue weighted by Crippen LogP contribution is 2.23. The molecule has 23 heavy (non-hydrogen) atoms. The lowest BCUT2D eigenvalue weighted by Gasteiger charge is -2.19. The van der Waals surface area contributed by atoms with E-state index < -0.39 is 0 Å². The normalized spacial score (nSPS) is 10.4. The van der Waals surface area contributed by atoms with Crippen LogP contribution >= 0.6 is 0 Å². The summed E-state index contributed by atoms with van der Waals surface area (Å²) in [6.45, 7) is 5.67. The Bertz CT molecular complexity index is 622. The van der Waals surface area contributed by atoms with Crippen LogP contribution in [0, 0.1) is 0 Å². The largest absolute Gasteiger partial charge is 0.497 e. The number of rotatable bonds is 7. The molecule has 2 amide bonds. The average Bonchev–Trinajstić information content (AvgIpc) is 3.06. The third-order valence-corrected chi connectivity index (χ3v) is 3.48. The molecule has 0 fully saturated rings. The van der Waals surface area contributed by atoms with Crippen LogP contribution in [0.1, 0.15) is 26.0 Å². The molecule has 1 aromatic carbocycles. The Hall–Kier alpha value is -2.50. The van der Waals surface area contributed by atoms with E-state index in [2.05, 4.69) is 10.5 Å². The van der Waals surface area contributed by atoms with Gasteiger partial charge in [0, 0.05) is 24.7 Å². The highest BCUT2D eigenvalue weighted by Gasteiger charge is 2.14. The molecular weight excluding hydrogens is 294 g/mol. The SMILES string of the molecule is CCCNC(=O)N(CC)Cc1cc(-c2ccc(OC)cc2)on1. The van der Waals surface area contributed by atoms with Gasteiger partial charge in [0.1, 0.15) is 11.4 Å². The van der Waals surface area contributed by atoms with Crippen molar-refractivity contribution in [1.82, 2.24) is 15.4 Å². The predicted molar refractivity (Wildman–Crippen MR) is 88.3 cm³/mol. The second kappa shape index (κ2) is 8.22. The van der Waals surface area contributed by atoms with Gasteiger partial charge in [-0.3, -0.25) is 0 Å². The minimum Gasteiger partial charge on any atom is -0.497 e. The average molecular weight is 317 g/mol. The zero-order chi connectivity index (χ0) is 16.7. The number of benzene rings is 1. The topological polar surface area (TPSA) is 67.6 Å². The van der Waals surface area contributed by atoms with E-state index in [-0.39, 0.29) is 6.03 Å². The van der Waals surface area contributed by atoms with E-state index >= 15 is 0 Å². The Morgan fingerprint density at radius 2 is 2.04 bits per heavy atom. The second-order valence-corrected chi connectivity index (χ2v) is 5.16. The molecule has 1 heterocycles. The summed E-state index contributed by atoms with van der Waals surface area (Å²) < 4.78 is 10.5. The number of carbonyl (C=O) groups is 1. The van der Waals surface area contributed by atoms with Gasteiger partial charge in [0.15, 0.2) is 5.76 Å². The Kier molecular flexibility index (Phi) is 6.02. The molecule has 0 saturated heterocycles.